The van der Waals surface area contributed by atoms with Crippen molar-refractivity contribution in [1.82, 2.24) is 9.97 Å². The van der Waals surface area contributed by atoms with E-state index in [1.54, 1.807) is 29.8 Å². The van der Waals surface area contributed by atoms with Crippen LogP contribution in [-0.4, -0.2) is 15.9 Å². The lowest BCUT2D eigenvalue weighted by molar-refractivity contribution is 0.102. The minimum absolute atomic E-state index is 0.0804. The Kier molecular flexibility index (Phi) is 5.37. The molecule has 9 heteroatoms. The first-order valence-electron chi connectivity index (χ1n) is 7.03. The van der Waals surface area contributed by atoms with E-state index in [9.17, 15) is 9.59 Å². The highest BCUT2D eigenvalue weighted by molar-refractivity contribution is 7.13. The quantitative estimate of drug-likeness (QED) is 0.684. The van der Waals surface area contributed by atoms with E-state index in [0.717, 1.165) is 0 Å². The molecule has 0 unspecified atom stereocenters. The van der Waals surface area contributed by atoms with Gasteiger partial charge in [-0.2, -0.15) is 0 Å². The SMILES string of the molecule is O=C(Nc1nccs1)c1cc(=O)c(OCc2ccc(Cl)cc2Cl)c[nH]1. The summed E-state index contributed by atoms with van der Waals surface area (Å²) in [7, 11) is 0. The van der Waals surface area contributed by atoms with Crippen molar-refractivity contribution in [2.45, 2.75) is 6.61 Å². The number of nitrogens with one attached hydrogen (secondary N) is 2. The Labute approximate surface area is 156 Å². The van der Waals surface area contributed by atoms with Gasteiger partial charge >= 0.3 is 0 Å². The first kappa shape index (κ1) is 17.5. The number of H-pyrrole nitrogens is 1. The number of hydrogen-bond acceptors (Lipinski definition) is 5. The van der Waals surface area contributed by atoms with Crippen LogP contribution in [0.4, 0.5) is 5.13 Å². The number of aromatic amines is 1. The maximum absolute atomic E-state index is 12.1. The van der Waals surface area contributed by atoms with E-state index in [1.165, 1.54) is 23.6 Å². The van der Waals surface area contributed by atoms with Gasteiger partial charge in [0, 0.05) is 39.4 Å². The van der Waals surface area contributed by atoms with Gasteiger partial charge in [0.25, 0.3) is 5.91 Å². The van der Waals surface area contributed by atoms with Gasteiger partial charge in [-0.3, -0.25) is 14.9 Å². The van der Waals surface area contributed by atoms with E-state index < -0.39 is 11.3 Å². The predicted octanol–water partition coefficient (Wildman–Crippen LogP) is 3.97. The molecule has 25 heavy (non-hydrogen) atoms. The number of hydrogen-bond donors (Lipinski definition) is 2. The van der Waals surface area contributed by atoms with Crippen LogP contribution in [0.5, 0.6) is 5.75 Å². The van der Waals surface area contributed by atoms with E-state index >= 15 is 0 Å². The maximum Gasteiger partial charge on any atom is 0.273 e. The van der Waals surface area contributed by atoms with Gasteiger partial charge < -0.3 is 9.72 Å². The van der Waals surface area contributed by atoms with E-state index in [1.807, 2.05) is 0 Å². The molecule has 2 aromatic heterocycles. The molecule has 1 amide bonds. The zero-order valence-corrected chi connectivity index (χ0v) is 14.9. The molecule has 128 valence electrons. The van der Waals surface area contributed by atoms with Crippen molar-refractivity contribution in [3.63, 3.8) is 0 Å². The summed E-state index contributed by atoms with van der Waals surface area (Å²) in [5.74, 6) is -0.379. The number of rotatable bonds is 5. The van der Waals surface area contributed by atoms with Crippen LogP contribution in [0, 0.1) is 0 Å². The van der Waals surface area contributed by atoms with Gasteiger partial charge in [-0.25, -0.2) is 4.98 Å². The highest BCUT2D eigenvalue weighted by Gasteiger charge is 2.11. The van der Waals surface area contributed by atoms with Gasteiger partial charge in [0.05, 0.1) is 0 Å². The molecule has 6 nitrogen and oxygen atoms in total. The molecule has 2 N–H and O–H groups in total. The highest BCUT2D eigenvalue weighted by Crippen LogP contribution is 2.22. The largest absolute Gasteiger partial charge is 0.483 e. The molecule has 2 heterocycles. The molecule has 0 aliphatic carbocycles. The minimum atomic E-state index is -0.459. The number of ether oxygens (including phenoxy) is 1. The zero-order valence-electron chi connectivity index (χ0n) is 12.6. The smallest absolute Gasteiger partial charge is 0.273 e. The van der Waals surface area contributed by atoms with Crippen molar-refractivity contribution < 1.29 is 9.53 Å². The first-order chi connectivity index (χ1) is 12.0. The lowest BCUT2D eigenvalue weighted by Gasteiger charge is -2.08. The second kappa shape index (κ2) is 7.69. The number of pyridine rings is 1. The van der Waals surface area contributed by atoms with Gasteiger partial charge in [0.1, 0.15) is 12.3 Å². The van der Waals surface area contributed by atoms with Crippen molar-refractivity contribution in [3.05, 3.63) is 73.6 Å². The third kappa shape index (κ3) is 4.39. The van der Waals surface area contributed by atoms with Gasteiger partial charge in [-0.15, -0.1) is 11.3 Å². The number of benzene rings is 1. The number of amides is 1. The van der Waals surface area contributed by atoms with E-state index in [2.05, 4.69) is 15.3 Å². The molecule has 0 aliphatic heterocycles. The number of thiazole rings is 1. The molecule has 0 saturated heterocycles. The molecule has 0 saturated carbocycles. The Morgan fingerprint density at radius 3 is 2.84 bits per heavy atom. The summed E-state index contributed by atoms with van der Waals surface area (Å²) in [6.07, 6.45) is 2.91. The van der Waals surface area contributed by atoms with E-state index in [0.29, 0.717) is 20.7 Å². The Morgan fingerprint density at radius 2 is 2.16 bits per heavy atom. The van der Waals surface area contributed by atoms with Crippen LogP contribution in [-0.2, 0) is 6.61 Å². The van der Waals surface area contributed by atoms with E-state index in [4.69, 9.17) is 27.9 Å². The van der Waals surface area contributed by atoms with Crippen LogP contribution in [0.25, 0.3) is 0 Å². The summed E-state index contributed by atoms with van der Waals surface area (Å²) in [5.41, 5.74) is 0.376. The van der Waals surface area contributed by atoms with Gasteiger partial charge in [-0.05, 0) is 12.1 Å². The Bertz CT molecular complexity index is 958. The first-order valence-corrected chi connectivity index (χ1v) is 8.67. The standard InChI is InChI=1S/C16H11Cl2N3O3S/c17-10-2-1-9(11(18)5-10)8-24-14-7-20-12(6-13(14)22)15(23)21-16-19-3-4-25-16/h1-7H,8H2,(H,20,22)(H,19,21,23). The Balaban J connectivity index is 1.69. The van der Waals surface area contributed by atoms with Crippen LogP contribution >= 0.6 is 34.5 Å². The van der Waals surface area contributed by atoms with Crippen molar-refractivity contribution >= 4 is 45.6 Å². The molecular formula is C16H11Cl2N3O3S. The molecule has 1 aromatic carbocycles. The minimum Gasteiger partial charge on any atom is -0.483 e. The molecule has 0 radical (unpaired) electrons. The van der Waals surface area contributed by atoms with Gasteiger partial charge in [0.15, 0.2) is 10.9 Å². The molecular weight excluding hydrogens is 385 g/mol. The molecule has 0 fully saturated rings. The van der Waals surface area contributed by atoms with Crippen LogP contribution in [0.3, 0.4) is 0 Å². The number of nitrogens with zero attached hydrogens (tertiary/aromatic N) is 1. The van der Waals surface area contributed by atoms with Crippen LogP contribution < -0.4 is 15.5 Å². The topological polar surface area (TPSA) is 84.1 Å². The summed E-state index contributed by atoms with van der Waals surface area (Å²) >= 11 is 13.2. The summed E-state index contributed by atoms with van der Waals surface area (Å²) in [6, 6.07) is 6.16. The third-order valence-electron chi connectivity index (χ3n) is 3.17. The predicted molar refractivity (Wildman–Crippen MR) is 97.9 cm³/mol. The van der Waals surface area contributed by atoms with Gasteiger partial charge in [0.2, 0.25) is 5.43 Å². The molecule has 0 spiro atoms. The van der Waals surface area contributed by atoms with Crippen molar-refractivity contribution in [2.75, 3.05) is 5.32 Å². The average Bonchev–Trinajstić information content (AvgIpc) is 3.08. The summed E-state index contributed by atoms with van der Waals surface area (Å²) in [4.78, 5) is 30.8. The molecule has 0 atom stereocenters. The number of anilines is 1. The molecule has 0 bridgehead atoms. The summed E-state index contributed by atoms with van der Waals surface area (Å²) < 4.78 is 5.47. The number of halogens is 2. The molecule has 3 rings (SSSR count). The van der Waals surface area contributed by atoms with Crippen LogP contribution in [0.15, 0.2) is 46.8 Å². The average molecular weight is 396 g/mol. The van der Waals surface area contributed by atoms with Crippen molar-refractivity contribution in [2.24, 2.45) is 0 Å². The maximum atomic E-state index is 12.1. The fraction of sp³-hybridized carbons (Fsp3) is 0.0625. The number of aromatic nitrogens is 2. The second-order valence-corrected chi connectivity index (χ2v) is 6.63. The second-order valence-electron chi connectivity index (χ2n) is 4.89. The molecule has 0 aliphatic rings. The van der Waals surface area contributed by atoms with Gasteiger partial charge in [-0.1, -0.05) is 29.3 Å². The van der Waals surface area contributed by atoms with Crippen molar-refractivity contribution in [1.29, 1.82) is 0 Å². The molecule has 3 aromatic rings. The summed E-state index contributed by atoms with van der Waals surface area (Å²) in [6.45, 7) is 0.101. The Hall–Kier alpha value is -2.35. The zero-order chi connectivity index (χ0) is 17.8. The normalized spacial score (nSPS) is 10.5. The highest BCUT2D eigenvalue weighted by atomic mass is 35.5. The van der Waals surface area contributed by atoms with E-state index in [-0.39, 0.29) is 18.1 Å². The monoisotopic (exact) mass is 395 g/mol. The fourth-order valence-corrected chi connectivity index (χ4v) is 2.93. The lowest BCUT2D eigenvalue weighted by atomic mass is 10.2. The lowest BCUT2D eigenvalue weighted by Crippen LogP contribution is -2.17. The Morgan fingerprint density at radius 1 is 1.32 bits per heavy atom. The third-order valence-corrected chi connectivity index (χ3v) is 4.45. The fourth-order valence-electron chi connectivity index (χ4n) is 1.95. The summed E-state index contributed by atoms with van der Waals surface area (Å²) in [5, 5.41) is 5.73. The number of carbonyl (C=O) groups is 1. The van der Waals surface area contributed by atoms with Crippen molar-refractivity contribution in [3.8, 4) is 5.75 Å². The number of carbonyl (C=O) groups excluding carboxylic acids is 1. The van der Waals surface area contributed by atoms with Crippen LogP contribution in [0.2, 0.25) is 10.0 Å². The van der Waals surface area contributed by atoms with Crippen LogP contribution in [0.1, 0.15) is 16.1 Å².